The molecule has 8 nitrogen and oxygen atoms in total. The van der Waals surface area contributed by atoms with E-state index in [1.807, 2.05) is 0 Å². The van der Waals surface area contributed by atoms with Gasteiger partial charge in [0.1, 0.15) is 17.1 Å². The fourth-order valence-electron chi connectivity index (χ4n) is 2.62. The van der Waals surface area contributed by atoms with Gasteiger partial charge in [0.2, 0.25) is 15.9 Å². The minimum atomic E-state index is -3.81. The maximum Gasteiger partial charge on any atom is 0.252 e. The van der Waals surface area contributed by atoms with Gasteiger partial charge < -0.3 is 15.8 Å². The predicted octanol–water partition coefficient (Wildman–Crippen LogP) is 1.34. The lowest BCUT2D eigenvalue weighted by Gasteiger charge is -2.29. The number of sulfonamides is 1. The molecule has 0 aliphatic carbocycles. The Morgan fingerprint density at radius 3 is 2.25 bits per heavy atom. The number of hydrogen-bond acceptors (Lipinski definition) is 5. The molecular formula is C18H20FN3O5S. The minimum Gasteiger partial charge on any atom is -0.496 e. The highest BCUT2D eigenvalue weighted by Crippen LogP contribution is 2.27. The Morgan fingerprint density at radius 1 is 1.14 bits per heavy atom. The smallest absolute Gasteiger partial charge is 0.252 e. The molecule has 0 aromatic heterocycles. The summed E-state index contributed by atoms with van der Waals surface area (Å²) in [5, 5.41) is 2.54. The highest BCUT2D eigenvalue weighted by molar-refractivity contribution is 7.88. The largest absolute Gasteiger partial charge is 0.496 e. The van der Waals surface area contributed by atoms with E-state index in [1.165, 1.54) is 44.4 Å². The first-order valence-electron chi connectivity index (χ1n) is 8.00. The van der Waals surface area contributed by atoms with Crippen molar-refractivity contribution >= 4 is 27.5 Å². The van der Waals surface area contributed by atoms with Gasteiger partial charge in [-0.2, -0.15) is 4.72 Å². The van der Waals surface area contributed by atoms with Crippen LogP contribution in [-0.2, 0) is 20.4 Å². The van der Waals surface area contributed by atoms with Gasteiger partial charge in [-0.1, -0.05) is 12.1 Å². The molecule has 10 heteroatoms. The van der Waals surface area contributed by atoms with E-state index < -0.39 is 33.2 Å². The third kappa shape index (κ3) is 4.84. The highest BCUT2D eigenvalue weighted by Gasteiger charge is 2.38. The number of methoxy groups -OCH3 is 1. The summed E-state index contributed by atoms with van der Waals surface area (Å²) in [5.41, 5.74) is 4.02. The zero-order valence-electron chi connectivity index (χ0n) is 15.4. The van der Waals surface area contributed by atoms with E-state index >= 15 is 0 Å². The summed E-state index contributed by atoms with van der Waals surface area (Å²) in [6.45, 7) is 1.34. The summed E-state index contributed by atoms with van der Waals surface area (Å²) in [4.78, 5) is 24.5. The van der Waals surface area contributed by atoms with Crippen LogP contribution >= 0.6 is 0 Å². The van der Waals surface area contributed by atoms with Crippen molar-refractivity contribution in [3.05, 3.63) is 59.4 Å². The fourth-order valence-corrected chi connectivity index (χ4v) is 3.58. The molecule has 0 aliphatic rings. The quantitative estimate of drug-likeness (QED) is 0.636. The van der Waals surface area contributed by atoms with Crippen LogP contribution in [0, 0.1) is 5.82 Å². The number of rotatable bonds is 7. The number of carbonyl (C=O) groups excluding carboxylic acids is 2. The molecule has 1 atom stereocenters. The van der Waals surface area contributed by atoms with Crippen molar-refractivity contribution in [3.8, 4) is 5.75 Å². The van der Waals surface area contributed by atoms with Crippen LogP contribution < -0.4 is 20.5 Å². The Kier molecular flexibility index (Phi) is 6.05. The zero-order chi connectivity index (χ0) is 21.1. The van der Waals surface area contributed by atoms with E-state index in [1.54, 1.807) is 0 Å². The van der Waals surface area contributed by atoms with Gasteiger partial charge in [0.25, 0.3) is 5.91 Å². The number of nitrogens with one attached hydrogen (secondary N) is 2. The van der Waals surface area contributed by atoms with Crippen LogP contribution in [0.25, 0.3) is 0 Å². The van der Waals surface area contributed by atoms with Crippen LogP contribution in [-0.4, -0.2) is 33.6 Å². The molecule has 0 radical (unpaired) electrons. The average Bonchev–Trinajstić information content (AvgIpc) is 2.60. The fraction of sp³-hybridized carbons (Fsp3) is 0.222. The zero-order valence-corrected chi connectivity index (χ0v) is 16.3. The first-order chi connectivity index (χ1) is 13.0. The molecule has 2 aromatic rings. The maximum absolute atomic E-state index is 13.3. The van der Waals surface area contributed by atoms with E-state index in [-0.39, 0.29) is 22.6 Å². The number of benzene rings is 2. The lowest BCUT2D eigenvalue weighted by atomic mass is 9.92. The first kappa shape index (κ1) is 21.3. The Labute approximate surface area is 161 Å². The summed E-state index contributed by atoms with van der Waals surface area (Å²) in [7, 11) is -2.45. The van der Waals surface area contributed by atoms with Crippen LogP contribution in [0.2, 0.25) is 0 Å². The van der Waals surface area contributed by atoms with Crippen molar-refractivity contribution in [2.24, 2.45) is 5.73 Å². The van der Waals surface area contributed by atoms with Crippen molar-refractivity contribution < 1.29 is 27.1 Å². The van der Waals surface area contributed by atoms with Crippen LogP contribution in [0.4, 0.5) is 10.1 Å². The second-order valence-corrected chi connectivity index (χ2v) is 7.99. The molecule has 0 heterocycles. The Bertz CT molecular complexity index is 1010. The molecular weight excluding hydrogens is 389 g/mol. The molecule has 0 aliphatic heterocycles. The third-order valence-corrected chi connectivity index (χ3v) is 4.77. The molecule has 0 spiro atoms. The summed E-state index contributed by atoms with van der Waals surface area (Å²) >= 11 is 0. The van der Waals surface area contributed by atoms with Crippen molar-refractivity contribution in [1.82, 2.24) is 4.72 Å². The van der Waals surface area contributed by atoms with E-state index in [2.05, 4.69) is 10.0 Å². The lowest BCUT2D eigenvalue weighted by Crippen LogP contribution is -2.51. The molecule has 2 amide bonds. The number of carbonyl (C=O) groups is 2. The van der Waals surface area contributed by atoms with Gasteiger partial charge in [0, 0.05) is 5.69 Å². The molecule has 4 N–H and O–H groups in total. The Hall–Kier alpha value is -2.98. The standard InChI is InChI=1S/C18H20FN3O5S/c1-18(22-28(3,25)26,11-4-6-12(19)7-5-11)17(24)21-13-8-9-15(27-2)14(10-13)16(20)23/h4-10,22H,1-3H3,(H2,20,23)(H,21,24)/t18-/m1/s1. The molecule has 0 saturated heterocycles. The highest BCUT2D eigenvalue weighted by atomic mass is 32.2. The topological polar surface area (TPSA) is 128 Å². The molecule has 0 saturated carbocycles. The van der Waals surface area contributed by atoms with E-state index in [9.17, 15) is 22.4 Å². The molecule has 0 fully saturated rings. The van der Waals surface area contributed by atoms with E-state index in [0.717, 1.165) is 18.4 Å². The Balaban J connectivity index is 2.45. The molecule has 0 unspecified atom stereocenters. The SMILES string of the molecule is COc1ccc(NC(=O)[C@](C)(NS(C)(=O)=O)c2ccc(F)cc2)cc1C(N)=O. The van der Waals surface area contributed by atoms with Crippen molar-refractivity contribution in [1.29, 1.82) is 0 Å². The van der Waals surface area contributed by atoms with Crippen molar-refractivity contribution in [3.63, 3.8) is 0 Å². The normalized spacial score (nSPS) is 13.4. The number of amides is 2. The van der Waals surface area contributed by atoms with Crippen molar-refractivity contribution in [2.45, 2.75) is 12.5 Å². The number of nitrogens with two attached hydrogens (primary N) is 1. The van der Waals surface area contributed by atoms with Gasteiger partial charge in [0.05, 0.1) is 18.9 Å². The van der Waals surface area contributed by atoms with Gasteiger partial charge in [-0.25, -0.2) is 12.8 Å². The van der Waals surface area contributed by atoms with Crippen LogP contribution in [0.5, 0.6) is 5.75 Å². The number of hydrogen-bond donors (Lipinski definition) is 3. The van der Waals surface area contributed by atoms with Gasteiger partial charge in [-0.15, -0.1) is 0 Å². The molecule has 2 aromatic carbocycles. The van der Waals surface area contributed by atoms with Gasteiger partial charge in [-0.3, -0.25) is 9.59 Å². The van der Waals surface area contributed by atoms with E-state index in [4.69, 9.17) is 10.5 Å². The van der Waals surface area contributed by atoms with Gasteiger partial charge in [0.15, 0.2) is 0 Å². The molecule has 150 valence electrons. The lowest BCUT2D eigenvalue weighted by molar-refractivity contribution is -0.121. The van der Waals surface area contributed by atoms with Gasteiger partial charge in [-0.05, 0) is 42.8 Å². The molecule has 2 rings (SSSR count). The van der Waals surface area contributed by atoms with Crippen LogP contribution in [0.3, 0.4) is 0 Å². The molecule has 28 heavy (non-hydrogen) atoms. The molecule has 0 bridgehead atoms. The summed E-state index contributed by atoms with van der Waals surface area (Å²) in [6.07, 6.45) is 0.903. The summed E-state index contributed by atoms with van der Waals surface area (Å²) in [5.74, 6) is -1.82. The monoisotopic (exact) mass is 409 g/mol. The predicted molar refractivity (Wildman–Crippen MR) is 102 cm³/mol. The number of anilines is 1. The minimum absolute atomic E-state index is 0.0415. The number of halogens is 1. The Morgan fingerprint density at radius 2 is 1.75 bits per heavy atom. The maximum atomic E-state index is 13.3. The first-order valence-corrected chi connectivity index (χ1v) is 9.89. The van der Waals surface area contributed by atoms with Crippen LogP contribution in [0.15, 0.2) is 42.5 Å². The number of primary amides is 1. The summed E-state index contributed by atoms with van der Waals surface area (Å²) < 4.78 is 44.2. The third-order valence-electron chi connectivity index (χ3n) is 3.99. The van der Waals surface area contributed by atoms with Crippen LogP contribution in [0.1, 0.15) is 22.8 Å². The second kappa shape index (κ2) is 7.95. The van der Waals surface area contributed by atoms with Gasteiger partial charge >= 0.3 is 0 Å². The number of ether oxygens (including phenoxy) is 1. The van der Waals surface area contributed by atoms with Crippen molar-refractivity contribution in [2.75, 3.05) is 18.7 Å². The summed E-state index contributed by atoms with van der Waals surface area (Å²) in [6, 6.07) is 9.05. The second-order valence-electron chi connectivity index (χ2n) is 6.24. The van der Waals surface area contributed by atoms with E-state index in [0.29, 0.717) is 0 Å². The average molecular weight is 409 g/mol.